The summed E-state index contributed by atoms with van der Waals surface area (Å²) in [5.74, 6) is 0.913. The Labute approximate surface area is 205 Å². The summed E-state index contributed by atoms with van der Waals surface area (Å²) in [5, 5.41) is 7.37. The molecule has 0 saturated carbocycles. The molecule has 2 saturated heterocycles. The molecule has 2 fully saturated rings. The molecule has 9 heteroatoms. The second-order valence-electron chi connectivity index (χ2n) is 9.29. The Kier molecular flexibility index (Phi) is 8.45. The predicted octanol–water partition coefficient (Wildman–Crippen LogP) is 3.32. The van der Waals surface area contributed by atoms with Gasteiger partial charge in [-0.25, -0.2) is 0 Å². The number of carbonyl (C=O) groups excluding carboxylic acids is 2. The largest absolute Gasteiger partial charge is 0.493 e. The van der Waals surface area contributed by atoms with E-state index in [0.29, 0.717) is 63.1 Å². The zero-order valence-electron chi connectivity index (χ0n) is 19.5. The van der Waals surface area contributed by atoms with Crippen molar-refractivity contribution in [1.29, 1.82) is 0 Å². The number of piperidine rings is 1. The van der Waals surface area contributed by atoms with E-state index < -0.39 is 5.41 Å². The van der Waals surface area contributed by atoms with E-state index in [4.69, 9.17) is 21.1 Å². The molecule has 4 rings (SSSR count). The summed E-state index contributed by atoms with van der Waals surface area (Å²) in [6.07, 6.45) is 7.76. The highest BCUT2D eigenvalue weighted by atomic mass is 35.5. The number of nitrogens with one attached hydrogen (secondary N) is 1. The first-order chi connectivity index (χ1) is 16.5. The number of carbonyl (C=O) groups is 2. The van der Waals surface area contributed by atoms with Crippen LogP contribution in [0.4, 0.5) is 0 Å². The number of benzene rings is 1. The summed E-state index contributed by atoms with van der Waals surface area (Å²) in [6, 6.07) is 7.29. The van der Waals surface area contributed by atoms with Gasteiger partial charge >= 0.3 is 0 Å². The predicted molar refractivity (Wildman–Crippen MR) is 129 cm³/mol. The molecular formula is C25H33ClN4O4. The van der Waals surface area contributed by atoms with Gasteiger partial charge in [0.25, 0.3) is 0 Å². The normalized spacial score (nSPS) is 20.9. The van der Waals surface area contributed by atoms with Crippen molar-refractivity contribution in [3.8, 4) is 5.75 Å². The van der Waals surface area contributed by atoms with Gasteiger partial charge in [0.2, 0.25) is 11.8 Å². The Hall–Kier alpha value is -2.58. The first-order valence-electron chi connectivity index (χ1n) is 12.0. The zero-order chi connectivity index (χ0) is 23.8. The summed E-state index contributed by atoms with van der Waals surface area (Å²) < 4.78 is 11.6. The highest BCUT2D eigenvalue weighted by molar-refractivity contribution is 6.30. The second kappa shape index (κ2) is 11.7. The number of rotatable bonds is 9. The fourth-order valence-electron chi connectivity index (χ4n) is 4.79. The molecular weight excluding hydrogens is 456 g/mol. The quantitative estimate of drug-likeness (QED) is 0.585. The minimum absolute atomic E-state index is 0.104. The van der Waals surface area contributed by atoms with Crippen molar-refractivity contribution in [2.24, 2.45) is 5.41 Å². The topological polar surface area (TPSA) is 87.8 Å². The zero-order valence-corrected chi connectivity index (χ0v) is 20.3. The lowest BCUT2D eigenvalue weighted by Crippen LogP contribution is -2.52. The molecule has 1 unspecified atom stereocenters. The van der Waals surface area contributed by atoms with Crippen LogP contribution in [0.25, 0.3) is 0 Å². The molecule has 2 aliphatic rings. The molecule has 8 nitrogen and oxygen atoms in total. The van der Waals surface area contributed by atoms with Gasteiger partial charge in [0.05, 0.1) is 26.0 Å². The lowest BCUT2D eigenvalue weighted by atomic mass is 9.77. The number of aromatic nitrogens is 2. The lowest BCUT2D eigenvalue weighted by Gasteiger charge is -2.43. The molecule has 0 aliphatic carbocycles. The Morgan fingerprint density at radius 3 is 2.79 bits per heavy atom. The summed E-state index contributed by atoms with van der Waals surface area (Å²) in [5.41, 5.74) is 0.669. The number of morpholine rings is 1. The number of nitrogens with zero attached hydrogens (tertiary/aromatic N) is 3. The number of ether oxygens (including phenoxy) is 2. The number of amides is 2. The van der Waals surface area contributed by atoms with Crippen LogP contribution in [0.5, 0.6) is 5.75 Å². The third-order valence-corrected chi connectivity index (χ3v) is 6.89. The van der Waals surface area contributed by atoms with E-state index in [9.17, 15) is 9.59 Å². The lowest BCUT2D eigenvalue weighted by molar-refractivity contribution is -0.143. The summed E-state index contributed by atoms with van der Waals surface area (Å²) in [4.78, 5) is 30.0. The van der Waals surface area contributed by atoms with E-state index >= 15 is 0 Å². The number of aromatic amines is 1. The molecule has 0 spiro atoms. The number of halogens is 1. The van der Waals surface area contributed by atoms with Gasteiger partial charge in [0, 0.05) is 55.7 Å². The van der Waals surface area contributed by atoms with Crippen LogP contribution < -0.4 is 4.74 Å². The van der Waals surface area contributed by atoms with Gasteiger partial charge in [0.1, 0.15) is 5.75 Å². The summed E-state index contributed by atoms with van der Waals surface area (Å²) >= 11 is 6.13. The Balaban J connectivity index is 1.41. The van der Waals surface area contributed by atoms with E-state index in [2.05, 4.69) is 10.2 Å². The summed E-state index contributed by atoms with van der Waals surface area (Å²) in [7, 11) is 0. The van der Waals surface area contributed by atoms with Crippen LogP contribution >= 0.6 is 11.6 Å². The molecule has 0 bridgehead atoms. The van der Waals surface area contributed by atoms with Crippen molar-refractivity contribution in [3.05, 3.63) is 47.2 Å². The highest BCUT2D eigenvalue weighted by Gasteiger charge is 2.41. The third kappa shape index (κ3) is 6.73. The molecule has 1 aromatic carbocycles. The molecule has 1 N–H and O–H groups in total. The molecule has 2 amide bonds. The van der Waals surface area contributed by atoms with Gasteiger partial charge in [-0.1, -0.05) is 17.7 Å². The first kappa shape index (κ1) is 24.5. The Morgan fingerprint density at radius 2 is 2.03 bits per heavy atom. The number of likely N-dealkylation sites (tertiary alicyclic amines) is 1. The Bertz CT molecular complexity index is 948. The average Bonchev–Trinajstić information content (AvgIpc) is 3.37. The molecule has 0 radical (unpaired) electrons. The molecule has 184 valence electrons. The summed E-state index contributed by atoms with van der Waals surface area (Å²) in [6.45, 7) is 3.96. The maximum Gasteiger partial charge on any atom is 0.223 e. The van der Waals surface area contributed by atoms with Crippen LogP contribution in [-0.2, 0) is 20.7 Å². The number of hydrogen-bond donors (Lipinski definition) is 1. The van der Waals surface area contributed by atoms with Crippen molar-refractivity contribution in [2.75, 3.05) is 46.0 Å². The van der Waals surface area contributed by atoms with Crippen molar-refractivity contribution in [1.82, 2.24) is 20.0 Å². The maximum atomic E-state index is 13.2. The average molecular weight is 489 g/mol. The van der Waals surface area contributed by atoms with Crippen molar-refractivity contribution in [2.45, 2.75) is 38.5 Å². The number of H-pyrrole nitrogens is 1. The molecule has 1 atom stereocenters. The van der Waals surface area contributed by atoms with Crippen LogP contribution in [0.15, 0.2) is 36.7 Å². The van der Waals surface area contributed by atoms with Crippen molar-refractivity contribution < 1.29 is 19.1 Å². The van der Waals surface area contributed by atoms with Crippen LogP contribution in [0.3, 0.4) is 0 Å². The van der Waals surface area contributed by atoms with Crippen LogP contribution in [0, 0.1) is 5.41 Å². The standard InChI is InChI=1S/C25H33ClN4O4/c26-21-5-2-6-22(14-21)34-19-25(15-24(32)29-10-12-33-13-11-29)8-3-9-30(18-25)23(31)7-1-4-20-16-27-28-17-20/h2,5-6,14,16-17H,1,3-4,7-13,15,18-19H2,(H,27,28). The third-order valence-electron chi connectivity index (χ3n) is 6.66. The highest BCUT2D eigenvalue weighted by Crippen LogP contribution is 2.36. The van der Waals surface area contributed by atoms with E-state index in [1.165, 1.54) is 0 Å². The minimum Gasteiger partial charge on any atom is -0.493 e. The van der Waals surface area contributed by atoms with Crippen LogP contribution in [0.1, 0.15) is 37.7 Å². The number of aryl methyl sites for hydroxylation is 1. The molecule has 1 aromatic heterocycles. The SMILES string of the molecule is O=C(CC1(COc2cccc(Cl)c2)CCCN(C(=O)CCCc2cn[nH]c2)C1)N1CCOCC1. The smallest absolute Gasteiger partial charge is 0.223 e. The van der Waals surface area contributed by atoms with E-state index in [-0.39, 0.29) is 11.8 Å². The van der Waals surface area contributed by atoms with Gasteiger partial charge in [0.15, 0.2) is 0 Å². The van der Waals surface area contributed by atoms with Gasteiger partial charge in [-0.2, -0.15) is 5.10 Å². The minimum atomic E-state index is -0.434. The number of hydrogen-bond acceptors (Lipinski definition) is 5. The van der Waals surface area contributed by atoms with Gasteiger partial charge in [-0.15, -0.1) is 0 Å². The molecule has 2 aromatic rings. The Morgan fingerprint density at radius 1 is 1.18 bits per heavy atom. The van der Waals surface area contributed by atoms with Crippen LogP contribution in [0.2, 0.25) is 5.02 Å². The van der Waals surface area contributed by atoms with Crippen LogP contribution in [-0.4, -0.2) is 77.8 Å². The van der Waals surface area contributed by atoms with Crippen molar-refractivity contribution >= 4 is 23.4 Å². The fourth-order valence-corrected chi connectivity index (χ4v) is 4.97. The second-order valence-corrected chi connectivity index (χ2v) is 9.73. The fraction of sp³-hybridized carbons (Fsp3) is 0.560. The monoisotopic (exact) mass is 488 g/mol. The first-order valence-corrected chi connectivity index (χ1v) is 12.4. The van der Waals surface area contributed by atoms with Gasteiger partial charge in [-0.05, 0) is 49.4 Å². The van der Waals surface area contributed by atoms with E-state index in [1.807, 2.05) is 28.1 Å². The molecule has 34 heavy (non-hydrogen) atoms. The van der Waals surface area contributed by atoms with Gasteiger partial charge in [-0.3, -0.25) is 14.7 Å². The van der Waals surface area contributed by atoms with E-state index in [1.54, 1.807) is 18.3 Å². The molecule has 2 aliphatic heterocycles. The van der Waals surface area contributed by atoms with E-state index in [0.717, 1.165) is 37.8 Å². The van der Waals surface area contributed by atoms with Crippen molar-refractivity contribution in [3.63, 3.8) is 0 Å². The maximum absolute atomic E-state index is 13.2. The molecule has 3 heterocycles. The van der Waals surface area contributed by atoms with Gasteiger partial charge < -0.3 is 19.3 Å².